The van der Waals surface area contributed by atoms with E-state index in [9.17, 15) is 4.79 Å². The van der Waals surface area contributed by atoms with E-state index in [0.29, 0.717) is 12.1 Å². The third-order valence-corrected chi connectivity index (χ3v) is 1.50. The zero-order valence-corrected chi connectivity index (χ0v) is 7.16. The van der Waals surface area contributed by atoms with Crippen LogP contribution in [0, 0.1) is 0 Å². The van der Waals surface area contributed by atoms with Crippen LogP contribution in [0.15, 0.2) is 30.3 Å². The molecule has 0 aromatic heterocycles. The van der Waals surface area contributed by atoms with Crippen molar-refractivity contribution in [3.05, 3.63) is 35.9 Å². The summed E-state index contributed by atoms with van der Waals surface area (Å²) in [6.45, 7) is 2.62. The summed E-state index contributed by atoms with van der Waals surface area (Å²) in [6, 6.07) is 9.13. The third-order valence-electron chi connectivity index (χ3n) is 1.50. The van der Waals surface area contributed by atoms with Crippen molar-refractivity contribution in [1.82, 2.24) is 5.32 Å². The molecule has 0 aliphatic heterocycles. The first kappa shape index (κ1) is 8.78. The topological polar surface area (TPSA) is 31.2 Å². The van der Waals surface area contributed by atoms with Crippen LogP contribution < -0.4 is 5.32 Å². The second-order valence-corrected chi connectivity index (χ2v) is 2.55. The van der Waals surface area contributed by atoms with Crippen LogP contribution in [0.25, 0.3) is 0 Å². The highest BCUT2D eigenvalue weighted by Gasteiger charge is 2.03. The molecule has 0 heterocycles. The number of rotatable bonds is 3. The molecule has 1 aromatic carbocycles. The van der Waals surface area contributed by atoms with Gasteiger partial charge in [-0.2, -0.15) is 0 Å². The van der Waals surface area contributed by atoms with Gasteiger partial charge in [0.15, 0.2) is 0 Å². The smallest absolute Gasteiger partial charge is 0.267 e. The van der Waals surface area contributed by atoms with Gasteiger partial charge in [-0.05, 0) is 18.6 Å². The largest absolute Gasteiger partial charge is 0.272 e. The Labute approximate surface area is 72.6 Å². The van der Waals surface area contributed by atoms with Crippen LogP contribution >= 0.6 is 0 Å². The Morgan fingerprint density at radius 1 is 1.33 bits per heavy atom. The SMILES string of the molecule is CCC[N]C(=O)c1ccccc1. The lowest BCUT2D eigenvalue weighted by atomic mass is 10.2. The van der Waals surface area contributed by atoms with Gasteiger partial charge in [0.05, 0.1) is 0 Å². The van der Waals surface area contributed by atoms with Crippen molar-refractivity contribution >= 4 is 5.91 Å². The fourth-order valence-corrected chi connectivity index (χ4v) is 0.885. The van der Waals surface area contributed by atoms with Gasteiger partial charge >= 0.3 is 0 Å². The first-order chi connectivity index (χ1) is 5.84. The van der Waals surface area contributed by atoms with Crippen LogP contribution in [0.1, 0.15) is 23.7 Å². The van der Waals surface area contributed by atoms with Crippen molar-refractivity contribution in [3.63, 3.8) is 0 Å². The molecule has 1 aromatic rings. The van der Waals surface area contributed by atoms with Crippen molar-refractivity contribution < 1.29 is 4.79 Å². The van der Waals surface area contributed by atoms with Crippen molar-refractivity contribution in [2.45, 2.75) is 13.3 Å². The van der Waals surface area contributed by atoms with Gasteiger partial charge in [0, 0.05) is 12.1 Å². The Morgan fingerprint density at radius 2 is 2.00 bits per heavy atom. The zero-order valence-electron chi connectivity index (χ0n) is 7.16. The molecule has 0 N–H and O–H groups in total. The number of hydrogen-bond donors (Lipinski definition) is 0. The van der Waals surface area contributed by atoms with Gasteiger partial charge in [-0.25, -0.2) is 5.32 Å². The first-order valence-corrected chi connectivity index (χ1v) is 4.11. The van der Waals surface area contributed by atoms with E-state index < -0.39 is 0 Å². The van der Waals surface area contributed by atoms with Crippen molar-refractivity contribution in [3.8, 4) is 0 Å². The zero-order chi connectivity index (χ0) is 8.81. The van der Waals surface area contributed by atoms with E-state index in [0.717, 1.165) is 6.42 Å². The lowest BCUT2D eigenvalue weighted by molar-refractivity contribution is 0.0949. The molecule has 2 heteroatoms. The average molecular weight is 162 g/mol. The van der Waals surface area contributed by atoms with Gasteiger partial charge in [0.1, 0.15) is 0 Å². The Kier molecular flexibility index (Phi) is 3.33. The number of nitrogens with zero attached hydrogens (tertiary/aromatic N) is 1. The van der Waals surface area contributed by atoms with Gasteiger partial charge in [0.25, 0.3) is 5.91 Å². The van der Waals surface area contributed by atoms with Crippen LogP contribution in [-0.4, -0.2) is 12.5 Å². The van der Waals surface area contributed by atoms with Gasteiger partial charge in [-0.1, -0.05) is 25.1 Å². The molecular formula is C10H12NO. The summed E-state index contributed by atoms with van der Waals surface area (Å²) in [5.74, 6) is -0.113. The Hall–Kier alpha value is -1.31. The minimum atomic E-state index is -0.113. The maximum atomic E-state index is 11.2. The highest BCUT2D eigenvalue weighted by atomic mass is 16.1. The van der Waals surface area contributed by atoms with E-state index in [4.69, 9.17) is 0 Å². The Morgan fingerprint density at radius 3 is 2.58 bits per heavy atom. The van der Waals surface area contributed by atoms with Crippen LogP contribution in [-0.2, 0) is 0 Å². The molecule has 0 fully saturated rings. The van der Waals surface area contributed by atoms with Crippen molar-refractivity contribution in [2.75, 3.05) is 6.54 Å². The van der Waals surface area contributed by atoms with Gasteiger partial charge in [-0.15, -0.1) is 0 Å². The molecule has 0 spiro atoms. The lowest BCUT2D eigenvalue weighted by Gasteiger charge is -1.98. The minimum absolute atomic E-state index is 0.113. The molecule has 0 unspecified atom stereocenters. The molecule has 0 saturated heterocycles. The van der Waals surface area contributed by atoms with E-state index in [-0.39, 0.29) is 5.91 Å². The molecule has 0 aliphatic rings. The summed E-state index contributed by atoms with van der Waals surface area (Å²) < 4.78 is 0. The standard InChI is InChI=1S/C10H12NO/c1-2-8-11-10(12)9-6-4-3-5-7-9/h3-7H,2,8H2,1H3. The van der Waals surface area contributed by atoms with Crippen LogP contribution in [0.2, 0.25) is 0 Å². The first-order valence-electron chi connectivity index (χ1n) is 4.11. The van der Waals surface area contributed by atoms with E-state index in [1.165, 1.54) is 0 Å². The van der Waals surface area contributed by atoms with Crippen LogP contribution in [0.3, 0.4) is 0 Å². The van der Waals surface area contributed by atoms with Gasteiger partial charge in [-0.3, -0.25) is 4.79 Å². The maximum Gasteiger partial charge on any atom is 0.272 e. The fraction of sp³-hybridized carbons (Fsp3) is 0.300. The van der Waals surface area contributed by atoms with Crippen LogP contribution in [0.5, 0.6) is 0 Å². The number of amides is 1. The predicted octanol–water partition coefficient (Wildman–Crippen LogP) is 1.84. The molecule has 1 rings (SSSR count). The molecule has 1 radical (unpaired) electrons. The fourth-order valence-electron chi connectivity index (χ4n) is 0.885. The second-order valence-electron chi connectivity index (χ2n) is 2.55. The normalized spacial score (nSPS) is 9.42. The maximum absolute atomic E-state index is 11.2. The highest BCUT2D eigenvalue weighted by molar-refractivity contribution is 5.93. The number of benzene rings is 1. The van der Waals surface area contributed by atoms with E-state index in [1.807, 2.05) is 25.1 Å². The average Bonchev–Trinajstić information content (AvgIpc) is 2.15. The predicted molar refractivity (Wildman–Crippen MR) is 48.1 cm³/mol. The molecule has 12 heavy (non-hydrogen) atoms. The third kappa shape index (κ3) is 2.38. The van der Waals surface area contributed by atoms with E-state index in [1.54, 1.807) is 12.1 Å². The summed E-state index contributed by atoms with van der Waals surface area (Å²) in [5.41, 5.74) is 0.672. The summed E-state index contributed by atoms with van der Waals surface area (Å²) in [6.07, 6.45) is 0.915. The van der Waals surface area contributed by atoms with Crippen molar-refractivity contribution in [1.29, 1.82) is 0 Å². The highest BCUT2D eigenvalue weighted by Crippen LogP contribution is 1.98. The summed E-state index contributed by atoms with van der Waals surface area (Å²) >= 11 is 0. The van der Waals surface area contributed by atoms with E-state index in [2.05, 4.69) is 5.32 Å². The summed E-state index contributed by atoms with van der Waals surface area (Å²) in [5, 5.41) is 3.87. The van der Waals surface area contributed by atoms with Crippen LogP contribution in [0.4, 0.5) is 0 Å². The Balaban J connectivity index is 2.54. The molecule has 2 nitrogen and oxygen atoms in total. The molecule has 0 atom stereocenters. The number of hydrogen-bond acceptors (Lipinski definition) is 1. The molecule has 63 valence electrons. The quantitative estimate of drug-likeness (QED) is 0.667. The van der Waals surface area contributed by atoms with E-state index >= 15 is 0 Å². The molecular weight excluding hydrogens is 150 g/mol. The van der Waals surface area contributed by atoms with Crippen molar-refractivity contribution in [2.24, 2.45) is 0 Å². The van der Waals surface area contributed by atoms with Gasteiger partial charge < -0.3 is 0 Å². The monoisotopic (exact) mass is 162 g/mol. The number of carbonyl (C=O) groups excluding carboxylic acids is 1. The second kappa shape index (κ2) is 4.54. The van der Waals surface area contributed by atoms with Gasteiger partial charge in [0.2, 0.25) is 0 Å². The molecule has 1 amide bonds. The summed E-state index contributed by atoms with van der Waals surface area (Å²) in [4.78, 5) is 11.2. The molecule has 0 bridgehead atoms. The molecule has 0 aliphatic carbocycles. The lowest BCUT2D eigenvalue weighted by Crippen LogP contribution is -2.15. The minimum Gasteiger partial charge on any atom is -0.267 e. The Bertz CT molecular complexity index is 243. The summed E-state index contributed by atoms with van der Waals surface area (Å²) in [7, 11) is 0. The number of carbonyl (C=O) groups is 1. The molecule has 0 saturated carbocycles.